The van der Waals surface area contributed by atoms with E-state index in [1.165, 1.54) is 12.1 Å². The molecule has 2 aromatic rings. The predicted molar refractivity (Wildman–Crippen MR) is 74.9 cm³/mol. The first-order valence-electron chi connectivity index (χ1n) is 6.26. The molecule has 0 aliphatic carbocycles. The summed E-state index contributed by atoms with van der Waals surface area (Å²) in [5, 5.41) is 2.82. The van der Waals surface area contributed by atoms with E-state index in [0.29, 0.717) is 11.1 Å². The molecule has 0 unspecified atom stereocenters. The van der Waals surface area contributed by atoms with Crippen LogP contribution < -0.4 is 5.32 Å². The lowest BCUT2D eigenvalue weighted by Crippen LogP contribution is -2.12. The molecule has 1 amide bonds. The van der Waals surface area contributed by atoms with E-state index < -0.39 is 0 Å². The van der Waals surface area contributed by atoms with Gasteiger partial charge >= 0.3 is 0 Å². The smallest absolute Gasteiger partial charge is 0.255 e. The lowest BCUT2D eigenvalue weighted by molar-refractivity contribution is 0.102. The van der Waals surface area contributed by atoms with E-state index in [0.717, 1.165) is 17.7 Å². The van der Waals surface area contributed by atoms with Gasteiger partial charge in [-0.2, -0.15) is 0 Å². The summed E-state index contributed by atoms with van der Waals surface area (Å²) in [6.45, 7) is 3.70. The number of rotatable bonds is 3. The fourth-order valence-electron chi connectivity index (χ4n) is 1.86. The topological polar surface area (TPSA) is 29.1 Å². The third-order valence-corrected chi connectivity index (χ3v) is 3.01. The molecule has 0 fully saturated rings. The van der Waals surface area contributed by atoms with Crippen molar-refractivity contribution in [2.24, 2.45) is 0 Å². The van der Waals surface area contributed by atoms with E-state index in [1.807, 2.05) is 24.3 Å². The number of carbonyl (C=O) groups excluding carboxylic acids is 1. The molecule has 0 aliphatic heterocycles. The molecule has 0 saturated heterocycles. The van der Waals surface area contributed by atoms with E-state index in [4.69, 9.17) is 0 Å². The van der Waals surface area contributed by atoms with Gasteiger partial charge in [0.15, 0.2) is 0 Å². The molecule has 0 aromatic heterocycles. The van der Waals surface area contributed by atoms with Gasteiger partial charge in [0.05, 0.1) is 0 Å². The molecule has 98 valence electrons. The highest BCUT2D eigenvalue weighted by atomic mass is 19.1. The second-order valence-corrected chi connectivity index (χ2v) is 4.47. The average molecular weight is 257 g/mol. The van der Waals surface area contributed by atoms with Crippen LogP contribution in [0, 0.1) is 12.7 Å². The monoisotopic (exact) mass is 257 g/mol. The van der Waals surface area contributed by atoms with Crippen molar-refractivity contribution in [2.75, 3.05) is 5.32 Å². The fraction of sp³-hybridized carbons (Fsp3) is 0.188. The Hall–Kier alpha value is -2.16. The van der Waals surface area contributed by atoms with Gasteiger partial charge in [0.1, 0.15) is 5.82 Å². The second-order valence-electron chi connectivity index (χ2n) is 4.47. The van der Waals surface area contributed by atoms with Gasteiger partial charge in [-0.05, 0) is 54.8 Å². The molecule has 2 aromatic carbocycles. The minimum Gasteiger partial charge on any atom is -0.322 e. The first kappa shape index (κ1) is 13.3. The maximum Gasteiger partial charge on any atom is 0.255 e. The van der Waals surface area contributed by atoms with Gasteiger partial charge in [-0.25, -0.2) is 4.39 Å². The summed E-state index contributed by atoms with van der Waals surface area (Å²) >= 11 is 0. The molecule has 0 heterocycles. The van der Waals surface area contributed by atoms with Crippen LogP contribution in [0.4, 0.5) is 10.1 Å². The van der Waals surface area contributed by atoms with Crippen molar-refractivity contribution in [3.05, 3.63) is 65.0 Å². The second kappa shape index (κ2) is 5.65. The molecule has 0 radical (unpaired) electrons. The Morgan fingerprint density at radius 2 is 2.00 bits per heavy atom. The van der Waals surface area contributed by atoms with Crippen LogP contribution in [0.1, 0.15) is 28.4 Å². The van der Waals surface area contributed by atoms with Crippen molar-refractivity contribution in [1.29, 1.82) is 0 Å². The number of carbonyl (C=O) groups is 1. The summed E-state index contributed by atoms with van der Waals surface area (Å²) in [6.07, 6.45) is 0.916. The summed E-state index contributed by atoms with van der Waals surface area (Å²) in [7, 11) is 0. The third kappa shape index (κ3) is 3.19. The molecular formula is C16H16FNO. The van der Waals surface area contributed by atoms with Gasteiger partial charge in [0.2, 0.25) is 0 Å². The predicted octanol–water partition coefficient (Wildman–Crippen LogP) is 3.95. The minimum atomic E-state index is -0.301. The van der Waals surface area contributed by atoms with Crippen LogP contribution in [0.25, 0.3) is 0 Å². The van der Waals surface area contributed by atoms with Crippen LogP contribution in [-0.4, -0.2) is 5.91 Å². The number of nitrogens with one attached hydrogen (secondary N) is 1. The largest absolute Gasteiger partial charge is 0.322 e. The van der Waals surface area contributed by atoms with Crippen molar-refractivity contribution in [1.82, 2.24) is 0 Å². The molecule has 0 bridgehead atoms. The average Bonchev–Trinajstić information content (AvgIpc) is 2.42. The number of halogens is 1. The van der Waals surface area contributed by atoms with E-state index in [1.54, 1.807) is 13.0 Å². The zero-order chi connectivity index (χ0) is 13.8. The number of hydrogen-bond donors (Lipinski definition) is 1. The molecular weight excluding hydrogens is 241 g/mol. The van der Waals surface area contributed by atoms with Crippen LogP contribution in [0.15, 0.2) is 42.5 Å². The Bertz CT molecular complexity index is 607. The first-order chi connectivity index (χ1) is 9.10. The van der Waals surface area contributed by atoms with Crippen molar-refractivity contribution >= 4 is 11.6 Å². The molecule has 1 N–H and O–H groups in total. The SMILES string of the molecule is CCc1cccc(NC(=O)c2ccc(F)c(C)c2)c1. The van der Waals surface area contributed by atoms with Gasteiger partial charge < -0.3 is 5.32 Å². The number of hydrogen-bond acceptors (Lipinski definition) is 1. The molecule has 2 rings (SSSR count). The maximum atomic E-state index is 13.2. The van der Waals surface area contributed by atoms with Crippen LogP contribution in [-0.2, 0) is 6.42 Å². The fourth-order valence-corrected chi connectivity index (χ4v) is 1.86. The molecule has 0 aliphatic rings. The standard InChI is InChI=1S/C16H16FNO/c1-3-12-5-4-6-14(10-12)18-16(19)13-7-8-15(17)11(2)9-13/h4-10H,3H2,1-2H3,(H,18,19). The highest BCUT2D eigenvalue weighted by molar-refractivity contribution is 6.04. The minimum absolute atomic E-state index is 0.226. The quantitative estimate of drug-likeness (QED) is 0.886. The van der Waals surface area contributed by atoms with Gasteiger partial charge in [0, 0.05) is 11.3 Å². The highest BCUT2D eigenvalue weighted by Crippen LogP contribution is 2.14. The van der Waals surface area contributed by atoms with Crippen LogP contribution in [0.2, 0.25) is 0 Å². The summed E-state index contributed by atoms with van der Waals surface area (Å²) < 4.78 is 13.2. The lowest BCUT2D eigenvalue weighted by Gasteiger charge is -2.07. The van der Waals surface area contributed by atoms with Crippen LogP contribution in [0.3, 0.4) is 0 Å². The number of benzene rings is 2. The van der Waals surface area contributed by atoms with Gasteiger partial charge in [-0.1, -0.05) is 19.1 Å². The van der Waals surface area contributed by atoms with Crippen molar-refractivity contribution < 1.29 is 9.18 Å². The molecule has 0 spiro atoms. The highest BCUT2D eigenvalue weighted by Gasteiger charge is 2.08. The Morgan fingerprint density at radius 1 is 1.21 bits per heavy atom. The third-order valence-electron chi connectivity index (χ3n) is 3.01. The van der Waals surface area contributed by atoms with Crippen LogP contribution >= 0.6 is 0 Å². The number of amides is 1. The van der Waals surface area contributed by atoms with Gasteiger partial charge in [0.25, 0.3) is 5.91 Å². The molecule has 0 saturated carbocycles. The summed E-state index contributed by atoms with van der Waals surface area (Å²) in [5.74, 6) is -0.527. The van der Waals surface area contributed by atoms with Crippen molar-refractivity contribution in [2.45, 2.75) is 20.3 Å². The summed E-state index contributed by atoms with van der Waals surface area (Å²) in [5.41, 5.74) is 2.84. The zero-order valence-corrected chi connectivity index (χ0v) is 11.0. The molecule has 19 heavy (non-hydrogen) atoms. The Kier molecular flexibility index (Phi) is 3.95. The Morgan fingerprint density at radius 3 is 2.68 bits per heavy atom. The van der Waals surface area contributed by atoms with E-state index in [9.17, 15) is 9.18 Å². The van der Waals surface area contributed by atoms with Gasteiger partial charge in [-0.15, -0.1) is 0 Å². The summed E-state index contributed by atoms with van der Waals surface area (Å²) in [6, 6.07) is 12.0. The van der Waals surface area contributed by atoms with Crippen molar-refractivity contribution in [3.8, 4) is 0 Å². The molecule has 3 heteroatoms. The number of anilines is 1. The summed E-state index contributed by atoms with van der Waals surface area (Å²) in [4.78, 5) is 12.0. The number of aryl methyl sites for hydroxylation is 2. The Labute approximate surface area is 112 Å². The lowest BCUT2D eigenvalue weighted by atomic mass is 10.1. The zero-order valence-electron chi connectivity index (χ0n) is 11.0. The Balaban J connectivity index is 2.18. The van der Waals surface area contributed by atoms with Crippen LogP contribution in [0.5, 0.6) is 0 Å². The molecule has 2 nitrogen and oxygen atoms in total. The molecule has 0 atom stereocenters. The van der Waals surface area contributed by atoms with Crippen molar-refractivity contribution in [3.63, 3.8) is 0 Å². The first-order valence-corrected chi connectivity index (χ1v) is 6.26. The van der Waals surface area contributed by atoms with E-state index >= 15 is 0 Å². The van der Waals surface area contributed by atoms with E-state index in [-0.39, 0.29) is 11.7 Å². The maximum absolute atomic E-state index is 13.2. The van der Waals surface area contributed by atoms with E-state index in [2.05, 4.69) is 12.2 Å². The normalized spacial score (nSPS) is 10.3. The van der Waals surface area contributed by atoms with Gasteiger partial charge in [-0.3, -0.25) is 4.79 Å².